The van der Waals surface area contributed by atoms with E-state index in [1.807, 2.05) is 7.05 Å². The molecule has 0 saturated carbocycles. The fraction of sp³-hybridized carbons (Fsp3) is 0.538. The van der Waals surface area contributed by atoms with E-state index >= 15 is 0 Å². The summed E-state index contributed by atoms with van der Waals surface area (Å²) in [6.45, 7) is 5.75. The van der Waals surface area contributed by atoms with Crippen molar-refractivity contribution in [3.8, 4) is 0 Å². The van der Waals surface area contributed by atoms with Gasteiger partial charge in [-0.3, -0.25) is 0 Å². The van der Waals surface area contributed by atoms with Gasteiger partial charge in [-0.2, -0.15) is 0 Å². The van der Waals surface area contributed by atoms with E-state index in [0.717, 1.165) is 17.5 Å². The molecule has 1 N–H and O–H groups in total. The van der Waals surface area contributed by atoms with Gasteiger partial charge in [-0.05, 0) is 37.6 Å². The molecule has 1 rings (SSSR count). The summed E-state index contributed by atoms with van der Waals surface area (Å²) < 4.78 is 6.74. The van der Waals surface area contributed by atoms with Crippen LogP contribution < -0.4 is 5.32 Å². The Balaban J connectivity index is 2.70. The zero-order valence-corrected chi connectivity index (χ0v) is 11.8. The van der Waals surface area contributed by atoms with Gasteiger partial charge in [0.25, 0.3) is 0 Å². The first-order valence-corrected chi connectivity index (χ1v) is 6.49. The molecular formula is C13H20BrNO. The van der Waals surface area contributed by atoms with Crippen LogP contribution >= 0.6 is 15.9 Å². The SMILES string of the molecule is CCCOCC(NC)c1ccc(C)cc1Br. The second-order valence-corrected chi connectivity index (χ2v) is 4.80. The zero-order valence-electron chi connectivity index (χ0n) is 10.2. The van der Waals surface area contributed by atoms with Gasteiger partial charge in [-0.25, -0.2) is 0 Å². The van der Waals surface area contributed by atoms with Crippen molar-refractivity contribution >= 4 is 15.9 Å². The van der Waals surface area contributed by atoms with Gasteiger partial charge in [-0.15, -0.1) is 0 Å². The van der Waals surface area contributed by atoms with Crippen LogP contribution in [0, 0.1) is 6.92 Å². The molecule has 0 saturated heterocycles. The Hall–Kier alpha value is -0.380. The van der Waals surface area contributed by atoms with Gasteiger partial charge < -0.3 is 10.1 Å². The summed E-state index contributed by atoms with van der Waals surface area (Å²) in [5.41, 5.74) is 2.52. The molecule has 0 aliphatic heterocycles. The first kappa shape index (κ1) is 13.7. The monoisotopic (exact) mass is 285 g/mol. The molecule has 1 aromatic rings. The number of nitrogens with one attached hydrogen (secondary N) is 1. The minimum Gasteiger partial charge on any atom is -0.379 e. The van der Waals surface area contributed by atoms with Crippen LogP contribution in [0.5, 0.6) is 0 Å². The average Bonchev–Trinajstić information content (AvgIpc) is 2.26. The number of benzene rings is 1. The Bertz CT molecular complexity index is 328. The molecule has 0 heterocycles. The molecule has 0 aliphatic rings. The highest BCUT2D eigenvalue weighted by Crippen LogP contribution is 2.24. The molecule has 1 atom stereocenters. The molecule has 16 heavy (non-hydrogen) atoms. The second-order valence-electron chi connectivity index (χ2n) is 3.94. The van der Waals surface area contributed by atoms with Gasteiger partial charge in [0, 0.05) is 11.1 Å². The topological polar surface area (TPSA) is 21.3 Å². The van der Waals surface area contributed by atoms with Crippen molar-refractivity contribution in [3.05, 3.63) is 33.8 Å². The van der Waals surface area contributed by atoms with E-state index in [2.05, 4.69) is 53.3 Å². The van der Waals surface area contributed by atoms with Crippen LogP contribution in [-0.2, 0) is 4.74 Å². The molecule has 3 heteroatoms. The third kappa shape index (κ3) is 3.89. The molecule has 0 bridgehead atoms. The molecule has 2 nitrogen and oxygen atoms in total. The van der Waals surface area contributed by atoms with E-state index < -0.39 is 0 Å². The Morgan fingerprint density at radius 2 is 2.19 bits per heavy atom. The average molecular weight is 286 g/mol. The van der Waals surface area contributed by atoms with E-state index in [9.17, 15) is 0 Å². The lowest BCUT2D eigenvalue weighted by Crippen LogP contribution is -2.22. The molecule has 1 unspecified atom stereocenters. The molecule has 0 spiro atoms. The molecule has 0 aromatic heterocycles. The van der Waals surface area contributed by atoms with Gasteiger partial charge in [0.15, 0.2) is 0 Å². The summed E-state index contributed by atoms with van der Waals surface area (Å²) in [5, 5.41) is 3.28. The number of ether oxygens (including phenoxy) is 1. The van der Waals surface area contributed by atoms with Crippen molar-refractivity contribution in [1.82, 2.24) is 5.32 Å². The quantitative estimate of drug-likeness (QED) is 0.809. The molecule has 0 fully saturated rings. The summed E-state index contributed by atoms with van der Waals surface area (Å²) in [4.78, 5) is 0. The van der Waals surface area contributed by atoms with Crippen LogP contribution in [0.4, 0.5) is 0 Å². The molecular weight excluding hydrogens is 266 g/mol. The summed E-state index contributed by atoms with van der Waals surface area (Å²) in [6, 6.07) is 6.67. The Labute approximate surface area is 107 Å². The maximum absolute atomic E-state index is 5.59. The largest absolute Gasteiger partial charge is 0.379 e. The lowest BCUT2D eigenvalue weighted by Gasteiger charge is -2.18. The summed E-state index contributed by atoms with van der Waals surface area (Å²) >= 11 is 3.60. The molecule has 0 aliphatic carbocycles. The molecule has 0 amide bonds. The smallest absolute Gasteiger partial charge is 0.0661 e. The first-order valence-electron chi connectivity index (χ1n) is 5.70. The highest BCUT2D eigenvalue weighted by molar-refractivity contribution is 9.10. The van der Waals surface area contributed by atoms with Crippen molar-refractivity contribution in [3.63, 3.8) is 0 Å². The molecule has 1 aromatic carbocycles. The van der Waals surface area contributed by atoms with Crippen LogP contribution in [0.25, 0.3) is 0 Å². The minimum atomic E-state index is 0.251. The highest BCUT2D eigenvalue weighted by atomic mass is 79.9. The summed E-state index contributed by atoms with van der Waals surface area (Å²) in [6.07, 6.45) is 1.06. The predicted octanol–water partition coefficient (Wildman–Crippen LogP) is 3.44. The van der Waals surface area contributed by atoms with Crippen LogP contribution in [-0.4, -0.2) is 20.3 Å². The van der Waals surface area contributed by atoms with Crippen molar-refractivity contribution in [2.24, 2.45) is 0 Å². The summed E-state index contributed by atoms with van der Waals surface area (Å²) in [7, 11) is 1.96. The van der Waals surface area contributed by atoms with Gasteiger partial charge >= 0.3 is 0 Å². The van der Waals surface area contributed by atoms with Crippen LogP contribution in [0.15, 0.2) is 22.7 Å². The van der Waals surface area contributed by atoms with Gasteiger partial charge in [0.05, 0.1) is 12.6 Å². The normalized spacial score (nSPS) is 12.8. The third-order valence-electron chi connectivity index (χ3n) is 2.51. The maximum Gasteiger partial charge on any atom is 0.0661 e. The fourth-order valence-electron chi connectivity index (χ4n) is 1.59. The number of likely N-dealkylation sites (N-methyl/N-ethyl adjacent to an activating group) is 1. The Morgan fingerprint density at radius 3 is 2.75 bits per heavy atom. The molecule has 0 radical (unpaired) electrons. The van der Waals surface area contributed by atoms with Crippen LogP contribution in [0.2, 0.25) is 0 Å². The minimum absolute atomic E-state index is 0.251. The number of rotatable bonds is 6. The Kier molecular flexibility index (Phi) is 6.03. The van der Waals surface area contributed by atoms with E-state index in [4.69, 9.17) is 4.74 Å². The zero-order chi connectivity index (χ0) is 12.0. The van der Waals surface area contributed by atoms with Crippen molar-refractivity contribution < 1.29 is 4.74 Å². The molecule has 90 valence electrons. The van der Waals surface area contributed by atoms with E-state index in [1.165, 1.54) is 11.1 Å². The second kappa shape index (κ2) is 7.05. The van der Waals surface area contributed by atoms with Gasteiger partial charge in [0.1, 0.15) is 0 Å². The van der Waals surface area contributed by atoms with E-state index in [-0.39, 0.29) is 6.04 Å². The van der Waals surface area contributed by atoms with Crippen molar-refractivity contribution in [2.45, 2.75) is 26.3 Å². The van der Waals surface area contributed by atoms with Crippen molar-refractivity contribution in [2.75, 3.05) is 20.3 Å². The van der Waals surface area contributed by atoms with E-state index in [1.54, 1.807) is 0 Å². The van der Waals surface area contributed by atoms with Gasteiger partial charge in [0.2, 0.25) is 0 Å². The standard InChI is InChI=1S/C13H20BrNO/c1-4-7-16-9-13(15-3)11-6-5-10(2)8-12(11)14/h5-6,8,13,15H,4,7,9H2,1-3H3. The number of aryl methyl sites for hydroxylation is 1. The number of halogens is 1. The maximum atomic E-state index is 5.59. The van der Waals surface area contributed by atoms with Crippen LogP contribution in [0.1, 0.15) is 30.5 Å². The third-order valence-corrected chi connectivity index (χ3v) is 3.20. The Morgan fingerprint density at radius 1 is 1.44 bits per heavy atom. The first-order chi connectivity index (χ1) is 7.69. The lowest BCUT2D eigenvalue weighted by molar-refractivity contribution is 0.114. The van der Waals surface area contributed by atoms with E-state index in [0.29, 0.717) is 6.61 Å². The van der Waals surface area contributed by atoms with Gasteiger partial charge in [-0.1, -0.05) is 35.0 Å². The van der Waals surface area contributed by atoms with Crippen LogP contribution in [0.3, 0.4) is 0 Å². The lowest BCUT2D eigenvalue weighted by atomic mass is 10.1. The highest BCUT2D eigenvalue weighted by Gasteiger charge is 2.12. The fourth-order valence-corrected chi connectivity index (χ4v) is 2.36. The predicted molar refractivity (Wildman–Crippen MR) is 71.8 cm³/mol. The number of hydrogen-bond donors (Lipinski definition) is 1. The van der Waals surface area contributed by atoms with Crippen molar-refractivity contribution in [1.29, 1.82) is 0 Å². The summed E-state index contributed by atoms with van der Waals surface area (Å²) in [5.74, 6) is 0. The number of hydrogen-bond acceptors (Lipinski definition) is 2.